The molecule has 1 aliphatic heterocycles. The van der Waals surface area contributed by atoms with Crippen LogP contribution in [0.5, 0.6) is 0 Å². The molecule has 0 unspecified atom stereocenters. The molecule has 0 aliphatic carbocycles. The standard InChI is InChI=1S/C12H11BrN2O2/c13-11-4-10(2-1-9(11)5-14)15-6-8(7-15)3-12(16)17/h1-2,4,8H,3,6-7H2,(H,16,17). The highest BCUT2D eigenvalue weighted by molar-refractivity contribution is 9.10. The molecular formula is C12H11BrN2O2. The van der Waals surface area contributed by atoms with Crippen LogP contribution in [-0.4, -0.2) is 24.2 Å². The lowest BCUT2D eigenvalue weighted by atomic mass is 9.95. The van der Waals surface area contributed by atoms with Crippen LogP contribution in [-0.2, 0) is 4.79 Å². The molecular weight excluding hydrogens is 284 g/mol. The fourth-order valence-corrected chi connectivity index (χ4v) is 2.40. The molecule has 1 fully saturated rings. The quantitative estimate of drug-likeness (QED) is 0.928. The van der Waals surface area contributed by atoms with Gasteiger partial charge in [-0.3, -0.25) is 4.79 Å². The normalized spacial score (nSPS) is 15.2. The van der Waals surface area contributed by atoms with E-state index in [0.717, 1.165) is 23.2 Å². The number of carbonyl (C=O) groups is 1. The van der Waals surface area contributed by atoms with Crippen LogP contribution >= 0.6 is 15.9 Å². The molecule has 1 aromatic rings. The maximum Gasteiger partial charge on any atom is 0.303 e. The highest BCUT2D eigenvalue weighted by atomic mass is 79.9. The van der Waals surface area contributed by atoms with Crippen molar-refractivity contribution in [1.82, 2.24) is 0 Å². The minimum absolute atomic E-state index is 0.230. The molecule has 0 spiro atoms. The highest BCUT2D eigenvalue weighted by Gasteiger charge is 2.28. The largest absolute Gasteiger partial charge is 0.481 e. The van der Waals surface area contributed by atoms with Crippen molar-refractivity contribution in [2.75, 3.05) is 18.0 Å². The number of hydrogen-bond donors (Lipinski definition) is 1. The molecule has 0 saturated carbocycles. The van der Waals surface area contributed by atoms with Crippen molar-refractivity contribution in [3.8, 4) is 6.07 Å². The van der Waals surface area contributed by atoms with Gasteiger partial charge in [0.05, 0.1) is 12.0 Å². The SMILES string of the molecule is N#Cc1ccc(N2CC(CC(=O)O)C2)cc1Br. The third-order valence-corrected chi connectivity index (χ3v) is 3.51. The molecule has 2 rings (SSSR count). The number of hydrogen-bond acceptors (Lipinski definition) is 3. The van der Waals surface area contributed by atoms with Crippen molar-refractivity contribution in [3.05, 3.63) is 28.2 Å². The Morgan fingerprint density at radius 1 is 1.59 bits per heavy atom. The Bertz CT molecular complexity index is 490. The second-order valence-corrected chi connectivity index (χ2v) is 5.00. The first-order valence-corrected chi connectivity index (χ1v) is 6.06. The van der Waals surface area contributed by atoms with Gasteiger partial charge in [-0.2, -0.15) is 5.26 Å². The molecule has 0 bridgehead atoms. The van der Waals surface area contributed by atoms with Crippen LogP contribution in [0.2, 0.25) is 0 Å². The van der Waals surface area contributed by atoms with E-state index in [4.69, 9.17) is 10.4 Å². The second kappa shape index (κ2) is 4.76. The van der Waals surface area contributed by atoms with Crippen LogP contribution in [0.1, 0.15) is 12.0 Å². The third-order valence-electron chi connectivity index (χ3n) is 2.86. The van der Waals surface area contributed by atoms with Gasteiger partial charge in [-0.1, -0.05) is 0 Å². The summed E-state index contributed by atoms with van der Waals surface area (Å²) in [5.41, 5.74) is 1.63. The van der Waals surface area contributed by atoms with Crippen LogP contribution in [0, 0.1) is 17.2 Å². The number of nitriles is 1. The van der Waals surface area contributed by atoms with Gasteiger partial charge in [0.1, 0.15) is 6.07 Å². The summed E-state index contributed by atoms with van der Waals surface area (Å²) in [6, 6.07) is 7.64. The van der Waals surface area contributed by atoms with Gasteiger partial charge < -0.3 is 10.0 Å². The van der Waals surface area contributed by atoms with Gasteiger partial charge in [0.2, 0.25) is 0 Å². The smallest absolute Gasteiger partial charge is 0.303 e. The Balaban J connectivity index is 2.00. The van der Waals surface area contributed by atoms with Gasteiger partial charge in [-0.25, -0.2) is 0 Å². The summed E-state index contributed by atoms with van der Waals surface area (Å²) >= 11 is 3.34. The van der Waals surface area contributed by atoms with Gasteiger partial charge in [-0.15, -0.1) is 0 Å². The van der Waals surface area contributed by atoms with Crippen molar-refractivity contribution < 1.29 is 9.90 Å². The summed E-state index contributed by atoms with van der Waals surface area (Å²) < 4.78 is 0.777. The van der Waals surface area contributed by atoms with E-state index in [0.29, 0.717) is 5.56 Å². The monoisotopic (exact) mass is 294 g/mol. The van der Waals surface area contributed by atoms with Crippen molar-refractivity contribution in [2.45, 2.75) is 6.42 Å². The van der Waals surface area contributed by atoms with Crippen LogP contribution in [0.3, 0.4) is 0 Å². The predicted molar refractivity (Wildman–Crippen MR) is 66.8 cm³/mol. The molecule has 88 valence electrons. The lowest BCUT2D eigenvalue weighted by Crippen LogP contribution is -2.47. The molecule has 1 aromatic carbocycles. The molecule has 1 saturated heterocycles. The first kappa shape index (κ1) is 11.9. The molecule has 17 heavy (non-hydrogen) atoms. The number of aliphatic carboxylic acids is 1. The Hall–Kier alpha value is -1.54. The van der Waals surface area contributed by atoms with E-state index in [-0.39, 0.29) is 12.3 Å². The summed E-state index contributed by atoms with van der Waals surface area (Å²) in [4.78, 5) is 12.6. The fraction of sp³-hybridized carbons (Fsp3) is 0.333. The van der Waals surface area contributed by atoms with E-state index in [1.807, 2.05) is 12.1 Å². The van der Waals surface area contributed by atoms with Gasteiger partial charge in [0.25, 0.3) is 0 Å². The molecule has 0 aromatic heterocycles. The Morgan fingerprint density at radius 3 is 2.82 bits per heavy atom. The number of rotatable bonds is 3. The third kappa shape index (κ3) is 2.59. The van der Waals surface area contributed by atoms with Crippen LogP contribution < -0.4 is 4.90 Å². The van der Waals surface area contributed by atoms with E-state index >= 15 is 0 Å². The zero-order chi connectivity index (χ0) is 12.4. The first-order valence-electron chi connectivity index (χ1n) is 5.26. The molecule has 0 atom stereocenters. The van der Waals surface area contributed by atoms with Crippen LogP contribution in [0.4, 0.5) is 5.69 Å². The zero-order valence-corrected chi connectivity index (χ0v) is 10.6. The molecule has 1 aliphatic rings. The van der Waals surface area contributed by atoms with Gasteiger partial charge in [0, 0.05) is 29.2 Å². The van der Waals surface area contributed by atoms with Gasteiger partial charge in [0.15, 0.2) is 0 Å². The number of carboxylic acid groups (broad SMARTS) is 1. The summed E-state index contributed by atoms with van der Waals surface area (Å²) in [6.07, 6.45) is 0.230. The van der Waals surface area contributed by atoms with Crippen LogP contribution in [0.15, 0.2) is 22.7 Å². The number of benzene rings is 1. The molecule has 4 nitrogen and oxygen atoms in total. The summed E-state index contributed by atoms with van der Waals surface area (Å²) in [5.74, 6) is -0.502. The van der Waals surface area contributed by atoms with E-state index in [1.165, 1.54) is 0 Å². The van der Waals surface area contributed by atoms with Gasteiger partial charge >= 0.3 is 5.97 Å². The Kier molecular flexibility index (Phi) is 3.34. The van der Waals surface area contributed by atoms with E-state index in [2.05, 4.69) is 26.9 Å². The molecule has 1 N–H and O–H groups in total. The predicted octanol–water partition coefficient (Wildman–Crippen LogP) is 2.23. The average Bonchev–Trinajstić information content (AvgIpc) is 2.22. The van der Waals surface area contributed by atoms with E-state index < -0.39 is 5.97 Å². The molecule has 0 amide bonds. The topological polar surface area (TPSA) is 64.3 Å². The second-order valence-electron chi connectivity index (χ2n) is 4.14. The molecule has 5 heteroatoms. The van der Waals surface area contributed by atoms with E-state index in [1.54, 1.807) is 6.07 Å². The molecule has 1 heterocycles. The first-order chi connectivity index (χ1) is 8.10. The maximum atomic E-state index is 10.5. The van der Waals surface area contributed by atoms with Crippen molar-refractivity contribution >= 4 is 27.6 Å². The lowest BCUT2D eigenvalue weighted by Gasteiger charge is -2.40. The fourth-order valence-electron chi connectivity index (χ4n) is 1.95. The Labute approximate surface area is 108 Å². The summed E-state index contributed by atoms with van der Waals surface area (Å²) in [5, 5.41) is 17.5. The summed E-state index contributed by atoms with van der Waals surface area (Å²) in [7, 11) is 0. The summed E-state index contributed by atoms with van der Waals surface area (Å²) in [6.45, 7) is 1.54. The maximum absolute atomic E-state index is 10.5. The molecule has 0 radical (unpaired) electrons. The number of halogens is 1. The number of carboxylic acids is 1. The lowest BCUT2D eigenvalue weighted by molar-refractivity contribution is -0.138. The van der Waals surface area contributed by atoms with E-state index in [9.17, 15) is 4.79 Å². The Morgan fingerprint density at radius 2 is 2.29 bits per heavy atom. The number of anilines is 1. The minimum Gasteiger partial charge on any atom is -0.481 e. The van der Waals surface area contributed by atoms with Crippen molar-refractivity contribution in [3.63, 3.8) is 0 Å². The average molecular weight is 295 g/mol. The van der Waals surface area contributed by atoms with Crippen molar-refractivity contribution in [2.24, 2.45) is 5.92 Å². The van der Waals surface area contributed by atoms with Crippen LogP contribution in [0.25, 0.3) is 0 Å². The minimum atomic E-state index is -0.740. The van der Waals surface area contributed by atoms with Gasteiger partial charge in [-0.05, 0) is 34.1 Å². The van der Waals surface area contributed by atoms with Crippen molar-refractivity contribution in [1.29, 1.82) is 5.26 Å². The zero-order valence-electron chi connectivity index (χ0n) is 9.06. The highest BCUT2D eigenvalue weighted by Crippen LogP contribution is 2.29. The number of nitrogens with zero attached hydrogens (tertiary/aromatic N) is 2.